The normalized spacial score (nSPS) is 15.9. The zero-order chi connectivity index (χ0) is 17.4. The van der Waals surface area contributed by atoms with Gasteiger partial charge in [0.2, 0.25) is 0 Å². The lowest BCUT2D eigenvalue weighted by Gasteiger charge is -2.02. The second-order valence-electron chi connectivity index (χ2n) is 5.05. The van der Waals surface area contributed by atoms with Crippen LogP contribution in [0.5, 0.6) is 0 Å². The number of likely N-dealkylation sites (N-methyl/N-ethyl adjacent to an activating group) is 1. The van der Waals surface area contributed by atoms with Crippen LogP contribution in [0.15, 0.2) is 40.4 Å². The Labute approximate surface area is 141 Å². The van der Waals surface area contributed by atoms with Crippen molar-refractivity contribution < 1.29 is 23.9 Å². The highest BCUT2D eigenvalue weighted by atomic mass is 35.5. The van der Waals surface area contributed by atoms with E-state index in [9.17, 15) is 14.4 Å². The van der Waals surface area contributed by atoms with Gasteiger partial charge in [0, 0.05) is 18.7 Å². The molecule has 3 amide bonds. The van der Waals surface area contributed by atoms with Crippen molar-refractivity contribution >= 4 is 35.6 Å². The minimum atomic E-state index is -1.14. The molecule has 2 aromatic rings. The molecule has 0 radical (unpaired) electrons. The SMILES string of the molecule is CN1C(=O)NC(=Cc2ccc(-c3ccc(Cl)c(C(=O)O)c3)o2)C1=O. The van der Waals surface area contributed by atoms with Crippen LogP contribution in [0.4, 0.5) is 4.79 Å². The fourth-order valence-corrected chi connectivity index (χ4v) is 2.39. The Balaban J connectivity index is 1.92. The van der Waals surface area contributed by atoms with Gasteiger partial charge in [0.05, 0.1) is 10.6 Å². The number of amides is 3. The van der Waals surface area contributed by atoms with Gasteiger partial charge in [-0.2, -0.15) is 0 Å². The number of benzene rings is 1. The molecule has 3 rings (SSSR count). The van der Waals surface area contributed by atoms with Crippen molar-refractivity contribution in [1.29, 1.82) is 0 Å². The average molecular weight is 347 g/mol. The van der Waals surface area contributed by atoms with Gasteiger partial charge in [-0.3, -0.25) is 9.69 Å². The van der Waals surface area contributed by atoms with Crippen LogP contribution in [0, 0.1) is 0 Å². The van der Waals surface area contributed by atoms with Gasteiger partial charge >= 0.3 is 12.0 Å². The Hall–Kier alpha value is -3.06. The Morgan fingerprint density at radius 1 is 1.29 bits per heavy atom. The predicted octanol–water partition coefficient (Wildman–Crippen LogP) is 2.82. The number of rotatable bonds is 3. The number of halogens is 1. The van der Waals surface area contributed by atoms with Gasteiger partial charge in [0.15, 0.2) is 0 Å². The van der Waals surface area contributed by atoms with Gasteiger partial charge in [0.1, 0.15) is 17.2 Å². The minimum Gasteiger partial charge on any atom is -0.478 e. The molecule has 0 bridgehead atoms. The standard InChI is InChI=1S/C16H11ClN2O5/c1-19-14(20)12(18-16(19)23)7-9-3-5-13(24-9)8-2-4-11(17)10(6-8)15(21)22/h2-7H,1H3,(H,18,23)(H,21,22). The maximum Gasteiger partial charge on any atom is 0.337 e. The lowest BCUT2D eigenvalue weighted by molar-refractivity contribution is -0.121. The van der Waals surface area contributed by atoms with E-state index in [1.54, 1.807) is 18.2 Å². The molecule has 1 aromatic carbocycles. The summed E-state index contributed by atoms with van der Waals surface area (Å²) in [7, 11) is 1.37. The zero-order valence-corrected chi connectivity index (χ0v) is 13.1. The van der Waals surface area contributed by atoms with E-state index >= 15 is 0 Å². The van der Waals surface area contributed by atoms with Gasteiger partial charge in [0.25, 0.3) is 5.91 Å². The summed E-state index contributed by atoms with van der Waals surface area (Å²) in [6.07, 6.45) is 1.40. The molecular weight excluding hydrogens is 336 g/mol. The van der Waals surface area contributed by atoms with Crippen LogP contribution in [0.2, 0.25) is 5.02 Å². The molecule has 0 spiro atoms. The summed E-state index contributed by atoms with van der Waals surface area (Å²) >= 11 is 5.84. The number of aromatic carboxylic acids is 1. The number of hydrogen-bond acceptors (Lipinski definition) is 4. The first-order valence-corrected chi connectivity index (χ1v) is 7.18. The summed E-state index contributed by atoms with van der Waals surface area (Å²) in [5.74, 6) is -0.849. The van der Waals surface area contributed by atoms with Gasteiger partial charge < -0.3 is 14.8 Å². The highest BCUT2D eigenvalue weighted by Gasteiger charge is 2.30. The molecular formula is C16H11ClN2O5. The summed E-state index contributed by atoms with van der Waals surface area (Å²) in [5, 5.41) is 11.7. The number of imide groups is 1. The van der Waals surface area contributed by atoms with E-state index < -0.39 is 17.9 Å². The number of carboxylic acid groups (broad SMARTS) is 1. The third-order valence-electron chi connectivity index (χ3n) is 3.48. The highest BCUT2D eigenvalue weighted by Crippen LogP contribution is 2.28. The minimum absolute atomic E-state index is 0.0367. The number of nitrogens with one attached hydrogen (secondary N) is 1. The third-order valence-corrected chi connectivity index (χ3v) is 3.81. The summed E-state index contributed by atoms with van der Waals surface area (Å²) in [5.41, 5.74) is 0.594. The number of hydrogen-bond donors (Lipinski definition) is 2. The zero-order valence-electron chi connectivity index (χ0n) is 12.4. The molecule has 0 aliphatic carbocycles. The maximum atomic E-state index is 11.8. The van der Waals surface area contributed by atoms with E-state index in [0.29, 0.717) is 17.1 Å². The van der Waals surface area contributed by atoms with Crippen molar-refractivity contribution in [1.82, 2.24) is 10.2 Å². The van der Waals surface area contributed by atoms with Crippen molar-refractivity contribution in [2.45, 2.75) is 0 Å². The van der Waals surface area contributed by atoms with Crippen LogP contribution < -0.4 is 5.32 Å². The molecule has 1 aliphatic rings. The predicted molar refractivity (Wildman–Crippen MR) is 85.4 cm³/mol. The lowest BCUT2D eigenvalue weighted by Crippen LogP contribution is -2.25. The number of urea groups is 1. The number of nitrogens with zero attached hydrogens (tertiary/aromatic N) is 1. The molecule has 7 nitrogen and oxygen atoms in total. The van der Waals surface area contributed by atoms with Crippen LogP contribution in [0.1, 0.15) is 16.1 Å². The molecule has 2 N–H and O–H groups in total. The van der Waals surface area contributed by atoms with Crippen molar-refractivity contribution in [2.24, 2.45) is 0 Å². The second-order valence-corrected chi connectivity index (χ2v) is 5.46. The second kappa shape index (κ2) is 5.86. The average Bonchev–Trinajstić information content (AvgIpc) is 3.09. The number of furan rings is 1. The largest absolute Gasteiger partial charge is 0.478 e. The summed E-state index contributed by atoms with van der Waals surface area (Å²) < 4.78 is 5.59. The topological polar surface area (TPSA) is 99.8 Å². The lowest BCUT2D eigenvalue weighted by atomic mass is 10.1. The van der Waals surface area contributed by atoms with E-state index in [2.05, 4.69) is 5.32 Å². The first-order chi connectivity index (χ1) is 11.4. The molecule has 1 saturated heterocycles. The Bertz CT molecular complexity index is 900. The van der Waals surface area contributed by atoms with E-state index in [0.717, 1.165) is 4.90 Å². The van der Waals surface area contributed by atoms with Crippen LogP contribution in [0.25, 0.3) is 17.4 Å². The van der Waals surface area contributed by atoms with Crippen molar-refractivity contribution in [2.75, 3.05) is 7.05 Å². The molecule has 0 atom stereocenters. The van der Waals surface area contributed by atoms with Crippen molar-refractivity contribution in [3.63, 3.8) is 0 Å². The van der Waals surface area contributed by atoms with E-state index in [1.807, 2.05) is 0 Å². The van der Waals surface area contributed by atoms with Crippen LogP contribution in [-0.2, 0) is 4.79 Å². The molecule has 122 valence electrons. The summed E-state index contributed by atoms with van der Waals surface area (Å²) in [6.45, 7) is 0. The van der Waals surface area contributed by atoms with Crippen molar-refractivity contribution in [3.05, 3.63) is 52.4 Å². The van der Waals surface area contributed by atoms with Gasteiger partial charge in [-0.1, -0.05) is 11.6 Å². The molecule has 1 aliphatic heterocycles. The first-order valence-electron chi connectivity index (χ1n) is 6.80. The molecule has 2 heterocycles. The summed E-state index contributed by atoms with van der Waals surface area (Å²) in [4.78, 5) is 35.3. The van der Waals surface area contributed by atoms with Gasteiger partial charge in [-0.15, -0.1) is 0 Å². The monoisotopic (exact) mass is 346 g/mol. The molecule has 1 aromatic heterocycles. The summed E-state index contributed by atoms with van der Waals surface area (Å²) in [6, 6.07) is 7.22. The van der Waals surface area contributed by atoms with Gasteiger partial charge in [-0.05, 0) is 30.3 Å². The molecule has 0 unspecified atom stereocenters. The highest BCUT2D eigenvalue weighted by molar-refractivity contribution is 6.33. The maximum absolute atomic E-state index is 11.8. The van der Waals surface area contributed by atoms with E-state index in [4.69, 9.17) is 21.1 Å². The fourth-order valence-electron chi connectivity index (χ4n) is 2.19. The molecule has 1 fully saturated rings. The smallest absolute Gasteiger partial charge is 0.337 e. The fraction of sp³-hybridized carbons (Fsp3) is 0.0625. The van der Waals surface area contributed by atoms with Crippen LogP contribution in [-0.4, -0.2) is 35.0 Å². The van der Waals surface area contributed by atoms with Crippen LogP contribution in [0.3, 0.4) is 0 Å². The van der Waals surface area contributed by atoms with E-state index in [1.165, 1.54) is 25.3 Å². The quantitative estimate of drug-likeness (QED) is 0.657. The van der Waals surface area contributed by atoms with Crippen LogP contribution >= 0.6 is 11.6 Å². The van der Waals surface area contributed by atoms with Crippen molar-refractivity contribution in [3.8, 4) is 11.3 Å². The molecule has 0 saturated carbocycles. The first kappa shape index (κ1) is 15.8. The Morgan fingerprint density at radius 2 is 2.04 bits per heavy atom. The third kappa shape index (κ3) is 2.77. The van der Waals surface area contributed by atoms with Gasteiger partial charge in [-0.25, -0.2) is 9.59 Å². The molecule has 24 heavy (non-hydrogen) atoms. The molecule has 8 heteroatoms. The Kier molecular flexibility index (Phi) is 3.86. The number of carbonyl (C=O) groups is 3. The van der Waals surface area contributed by atoms with E-state index in [-0.39, 0.29) is 16.3 Å². The number of carbonyl (C=O) groups excluding carboxylic acids is 2. The number of carboxylic acids is 1. The Morgan fingerprint density at radius 3 is 2.67 bits per heavy atom.